The minimum atomic E-state index is -0.951. The number of nitrogens with one attached hydrogen (secondary N) is 1. The number of ether oxygens (including phenoxy) is 3. The van der Waals surface area contributed by atoms with Crippen molar-refractivity contribution in [2.45, 2.75) is 6.61 Å². The highest BCUT2D eigenvalue weighted by Gasteiger charge is 2.39. The van der Waals surface area contributed by atoms with E-state index in [4.69, 9.17) is 37.4 Å². The van der Waals surface area contributed by atoms with E-state index < -0.39 is 17.8 Å². The lowest BCUT2D eigenvalue weighted by atomic mass is 10.0. The molecule has 4 aromatic rings. The highest BCUT2D eigenvalue weighted by Crippen LogP contribution is 2.39. The van der Waals surface area contributed by atoms with Crippen LogP contribution in [0, 0.1) is 0 Å². The van der Waals surface area contributed by atoms with Crippen molar-refractivity contribution < 1.29 is 28.6 Å². The number of halogens is 2. The predicted octanol–water partition coefficient (Wildman–Crippen LogP) is 6.41. The molecule has 8 nitrogen and oxygen atoms in total. The van der Waals surface area contributed by atoms with Crippen molar-refractivity contribution in [1.29, 1.82) is 0 Å². The van der Waals surface area contributed by atoms with Gasteiger partial charge in [0.2, 0.25) is 0 Å². The van der Waals surface area contributed by atoms with Gasteiger partial charge in [-0.25, -0.2) is 9.69 Å². The van der Waals surface area contributed by atoms with E-state index in [1.807, 2.05) is 42.5 Å². The van der Waals surface area contributed by atoms with Gasteiger partial charge < -0.3 is 14.2 Å². The third kappa shape index (κ3) is 5.19. The molecule has 0 spiro atoms. The molecule has 0 unspecified atom stereocenters. The normalized spacial score (nSPS) is 14.4. The van der Waals surface area contributed by atoms with E-state index >= 15 is 0 Å². The van der Waals surface area contributed by atoms with E-state index in [1.54, 1.807) is 18.2 Å². The number of amides is 4. The zero-order valence-corrected chi connectivity index (χ0v) is 22.9. The summed E-state index contributed by atoms with van der Waals surface area (Å²) in [6.07, 6.45) is 1.33. The molecule has 4 amide bonds. The first-order valence-corrected chi connectivity index (χ1v) is 12.8. The minimum Gasteiger partial charge on any atom is -0.495 e. The maximum Gasteiger partial charge on any atom is 0.336 e. The van der Waals surface area contributed by atoms with Gasteiger partial charge in [-0.2, -0.15) is 0 Å². The number of methoxy groups -OCH3 is 2. The largest absolute Gasteiger partial charge is 0.495 e. The van der Waals surface area contributed by atoms with Crippen LogP contribution in [0.15, 0.2) is 78.4 Å². The Morgan fingerprint density at radius 2 is 1.60 bits per heavy atom. The fourth-order valence-corrected chi connectivity index (χ4v) is 4.80. The summed E-state index contributed by atoms with van der Waals surface area (Å²) < 4.78 is 16.7. The molecule has 1 fully saturated rings. The molecular formula is C30H22Cl2N2O6. The molecule has 4 aromatic carbocycles. The molecule has 0 radical (unpaired) electrons. The van der Waals surface area contributed by atoms with Crippen molar-refractivity contribution in [3.05, 3.63) is 99.5 Å². The Balaban J connectivity index is 1.52. The van der Waals surface area contributed by atoms with E-state index in [2.05, 4.69) is 5.32 Å². The lowest BCUT2D eigenvalue weighted by Crippen LogP contribution is -2.54. The molecule has 0 bridgehead atoms. The molecule has 0 aliphatic carbocycles. The summed E-state index contributed by atoms with van der Waals surface area (Å²) in [5.41, 5.74) is 1.07. The highest BCUT2D eigenvalue weighted by molar-refractivity contribution is 6.40. The summed E-state index contributed by atoms with van der Waals surface area (Å²) in [5.74, 6) is -1.02. The van der Waals surface area contributed by atoms with Crippen LogP contribution in [0.3, 0.4) is 0 Å². The van der Waals surface area contributed by atoms with E-state index in [9.17, 15) is 14.4 Å². The third-order valence-electron chi connectivity index (χ3n) is 6.33. The molecule has 1 heterocycles. The van der Waals surface area contributed by atoms with Gasteiger partial charge in [0.15, 0.2) is 0 Å². The van der Waals surface area contributed by atoms with Crippen LogP contribution in [0.25, 0.3) is 16.8 Å². The van der Waals surface area contributed by atoms with E-state index in [1.165, 1.54) is 32.4 Å². The maximum absolute atomic E-state index is 13.6. The van der Waals surface area contributed by atoms with Crippen LogP contribution in [-0.4, -0.2) is 32.1 Å². The van der Waals surface area contributed by atoms with Crippen molar-refractivity contribution in [3.63, 3.8) is 0 Å². The van der Waals surface area contributed by atoms with Crippen LogP contribution in [0.4, 0.5) is 10.5 Å². The number of benzene rings is 4. The number of fused-ring (bicyclic) bond motifs is 1. The molecule has 202 valence electrons. The van der Waals surface area contributed by atoms with Crippen molar-refractivity contribution in [2.24, 2.45) is 0 Å². The summed E-state index contributed by atoms with van der Waals surface area (Å²) in [6, 6.07) is 20.6. The first kappa shape index (κ1) is 27.1. The molecule has 40 heavy (non-hydrogen) atoms. The van der Waals surface area contributed by atoms with Crippen LogP contribution in [0.1, 0.15) is 11.1 Å². The summed E-state index contributed by atoms with van der Waals surface area (Å²) in [4.78, 5) is 40.1. The van der Waals surface area contributed by atoms with Crippen LogP contribution >= 0.6 is 23.2 Å². The van der Waals surface area contributed by atoms with Crippen LogP contribution in [-0.2, 0) is 16.2 Å². The predicted molar refractivity (Wildman–Crippen MR) is 153 cm³/mol. The average molecular weight is 577 g/mol. The topological polar surface area (TPSA) is 94.2 Å². The number of imide groups is 2. The Hall–Kier alpha value is -4.53. The molecule has 1 saturated heterocycles. The van der Waals surface area contributed by atoms with Gasteiger partial charge in [-0.05, 0) is 40.6 Å². The molecular weight excluding hydrogens is 555 g/mol. The summed E-state index contributed by atoms with van der Waals surface area (Å²) in [6.45, 7) is 0.228. The van der Waals surface area contributed by atoms with Gasteiger partial charge in [0.05, 0.1) is 24.9 Å². The zero-order chi connectivity index (χ0) is 28.4. The fourth-order valence-electron chi connectivity index (χ4n) is 4.39. The summed E-state index contributed by atoms with van der Waals surface area (Å²) >= 11 is 12.4. The SMILES string of the molecule is COc1cc(N2C(=O)NC(=O)/C(=C\c3cc(Cl)ccc3OCc3cccc4ccccc34)C2=O)c(OC)cc1Cl. The average Bonchev–Trinajstić information content (AvgIpc) is 2.95. The van der Waals surface area contributed by atoms with Gasteiger partial charge in [-0.1, -0.05) is 65.7 Å². The number of carbonyl (C=O) groups excluding carboxylic acids is 3. The Kier molecular flexibility index (Phi) is 7.64. The molecule has 1 N–H and O–H groups in total. The molecule has 5 rings (SSSR count). The zero-order valence-electron chi connectivity index (χ0n) is 21.4. The first-order chi connectivity index (χ1) is 19.3. The van der Waals surface area contributed by atoms with Gasteiger partial charge in [0.1, 0.15) is 29.4 Å². The number of hydrogen-bond donors (Lipinski definition) is 1. The molecule has 0 aromatic heterocycles. The number of hydrogen-bond acceptors (Lipinski definition) is 6. The second-order valence-corrected chi connectivity index (χ2v) is 9.57. The van der Waals surface area contributed by atoms with Gasteiger partial charge in [0, 0.05) is 22.7 Å². The van der Waals surface area contributed by atoms with Gasteiger partial charge in [-0.3, -0.25) is 14.9 Å². The second-order valence-electron chi connectivity index (χ2n) is 8.73. The summed E-state index contributed by atoms with van der Waals surface area (Å²) in [5, 5.41) is 4.90. The van der Waals surface area contributed by atoms with Crippen LogP contribution in [0.2, 0.25) is 10.0 Å². The molecule has 1 aliphatic rings. The standard InChI is InChI=1S/C30H22Cl2N2O6/c1-38-26-15-24(27(39-2)14-23(26)32)34-29(36)22(28(35)33-30(34)37)13-19-12-20(31)10-11-25(19)40-16-18-8-5-7-17-6-3-4-9-21(17)18/h3-15H,16H2,1-2H3,(H,33,35,37)/b22-13+. The van der Waals surface area contributed by atoms with E-state index in [0.29, 0.717) is 16.3 Å². The lowest BCUT2D eigenvalue weighted by molar-refractivity contribution is -0.122. The number of anilines is 1. The van der Waals surface area contributed by atoms with Crippen molar-refractivity contribution in [2.75, 3.05) is 19.1 Å². The number of nitrogens with zero attached hydrogens (tertiary/aromatic N) is 1. The van der Waals surface area contributed by atoms with Gasteiger partial charge >= 0.3 is 6.03 Å². The van der Waals surface area contributed by atoms with E-state index in [-0.39, 0.29) is 34.4 Å². The second kappa shape index (κ2) is 11.3. The van der Waals surface area contributed by atoms with E-state index in [0.717, 1.165) is 21.2 Å². The Labute approximate surface area is 239 Å². The fraction of sp³-hybridized carbons (Fsp3) is 0.100. The highest BCUT2D eigenvalue weighted by atomic mass is 35.5. The van der Waals surface area contributed by atoms with Crippen LogP contribution in [0.5, 0.6) is 17.2 Å². The van der Waals surface area contributed by atoms with Crippen LogP contribution < -0.4 is 24.4 Å². The number of carbonyl (C=O) groups is 3. The quantitative estimate of drug-likeness (QED) is 0.202. The number of urea groups is 1. The third-order valence-corrected chi connectivity index (χ3v) is 6.86. The maximum atomic E-state index is 13.6. The van der Waals surface area contributed by atoms with Gasteiger partial charge in [-0.15, -0.1) is 0 Å². The molecule has 1 aliphatic heterocycles. The van der Waals surface area contributed by atoms with Crippen molar-refractivity contribution in [1.82, 2.24) is 5.32 Å². The molecule has 0 atom stereocenters. The van der Waals surface area contributed by atoms with Crippen molar-refractivity contribution in [3.8, 4) is 17.2 Å². The Morgan fingerprint density at radius 1 is 0.850 bits per heavy atom. The van der Waals surface area contributed by atoms with Gasteiger partial charge in [0.25, 0.3) is 11.8 Å². The number of barbiturate groups is 1. The minimum absolute atomic E-state index is 0.0446. The monoisotopic (exact) mass is 576 g/mol. The lowest BCUT2D eigenvalue weighted by Gasteiger charge is -2.28. The first-order valence-electron chi connectivity index (χ1n) is 12.0. The molecule has 10 heteroatoms. The smallest absolute Gasteiger partial charge is 0.336 e. The number of rotatable bonds is 7. The molecule has 0 saturated carbocycles. The Bertz CT molecular complexity index is 1700. The summed E-state index contributed by atoms with van der Waals surface area (Å²) in [7, 11) is 2.75. The Morgan fingerprint density at radius 3 is 2.38 bits per heavy atom. The van der Waals surface area contributed by atoms with Crippen molar-refractivity contribution >= 4 is 63.6 Å².